The van der Waals surface area contributed by atoms with E-state index in [0.717, 1.165) is 31.7 Å². The molecule has 0 aliphatic carbocycles. The molecule has 0 spiro atoms. The lowest BCUT2D eigenvalue weighted by Crippen LogP contribution is -2.30. The lowest BCUT2D eigenvalue weighted by atomic mass is 10.1. The lowest BCUT2D eigenvalue weighted by molar-refractivity contribution is -0.167. The fraction of sp³-hybridized carbons (Fsp3) is 0.238. The van der Waals surface area contributed by atoms with Crippen molar-refractivity contribution in [1.29, 1.82) is 0 Å². The fourth-order valence-electron chi connectivity index (χ4n) is 2.78. The number of ketones is 1. The van der Waals surface area contributed by atoms with Crippen LogP contribution in [0.15, 0.2) is 46.2 Å². The number of Topliss-reactive ketones (excluding diaryl/α,β-unsaturated/α-hetero) is 1. The van der Waals surface area contributed by atoms with Gasteiger partial charge in [-0.3, -0.25) is 24.0 Å². The number of alkyl halides is 6. The van der Waals surface area contributed by atoms with Gasteiger partial charge >= 0.3 is 44.6 Å². The number of hydroxylamine groups is 2. The first-order valence-electron chi connectivity index (χ1n) is 11.1. The number of nitrogens with zero attached hydrogens (tertiary/aromatic N) is 1. The van der Waals surface area contributed by atoms with Crippen LogP contribution >= 0.6 is 20.4 Å². The molecule has 8 nitrogen and oxygen atoms in total. The second-order valence-corrected chi connectivity index (χ2v) is 13.7. The van der Waals surface area contributed by atoms with Crippen molar-refractivity contribution >= 4 is 55.3 Å². The molecule has 0 fully saturated rings. The summed E-state index contributed by atoms with van der Waals surface area (Å²) < 4.78 is 201. The Morgan fingerprint density at radius 3 is 1.21 bits per heavy atom. The Labute approximate surface area is 251 Å². The standard InChI is InChI=1S/C11H10F8N2O3S.C10H7F8NO2S/c1-21(24-2)9(22)6-3-7(20-10(23)11(12,13)14)5-8(4-6)25(15,16,17,18)19;1-5(20)6-2-7(19-9(21)10(11,12)13)4-8(3-6)22(14,15,16,17)18/h3-5H,1-2H3,(H,20,23);2-4H,1H3,(H,19,21). The zero-order valence-electron chi connectivity index (χ0n) is 22.8. The van der Waals surface area contributed by atoms with Gasteiger partial charge in [-0.1, -0.05) is 38.9 Å². The first-order valence-corrected chi connectivity index (χ1v) is 15.0. The minimum Gasteiger partial charge on any atom is -0.318 e. The molecule has 0 aliphatic rings. The molecule has 3 amide bonds. The van der Waals surface area contributed by atoms with E-state index in [-0.39, 0.29) is 18.2 Å². The monoisotopic (exact) mass is 759 g/mol. The van der Waals surface area contributed by atoms with Crippen molar-refractivity contribution in [2.24, 2.45) is 0 Å². The summed E-state index contributed by atoms with van der Waals surface area (Å²) in [4.78, 5) is 43.4. The molecule has 2 aromatic rings. The van der Waals surface area contributed by atoms with Crippen molar-refractivity contribution in [2.45, 2.75) is 29.1 Å². The van der Waals surface area contributed by atoms with Gasteiger partial charge in [-0.25, -0.2) is 5.06 Å². The molecule has 0 aliphatic heterocycles. The van der Waals surface area contributed by atoms with E-state index in [1.54, 1.807) is 0 Å². The van der Waals surface area contributed by atoms with Gasteiger partial charge in [0.05, 0.1) is 7.11 Å². The molecule has 2 aromatic carbocycles. The van der Waals surface area contributed by atoms with Gasteiger partial charge < -0.3 is 10.6 Å². The van der Waals surface area contributed by atoms with Gasteiger partial charge in [0.2, 0.25) is 0 Å². The van der Waals surface area contributed by atoms with Gasteiger partial charge in [0.1, 0.15) is 9.79 Å². The topological polar surface area (TPSA) is 105 Å². The van der Waals surface area contributed by atoms with Crippen LogP contribution < -0.4 is 10.6 Å². The first-order chi connectivity index (χ1) is 20.2. The van der Waals surface area contributed by atoms with Crippen LogP contribution in [0.25, 0.3) is 0 Å². The average molecular weight is 759 g/mol. The maximum absolute atomic E-state index is 12.9. The summed E-state index contributed by atoms with van der Waals surface area (Å²) in [5, 5.41) is 2.33. The van der Waals surface area contributed by atoms with Gasteiger partial charge in [-0.15, -0.1) is 0 Å². The molecule has 47 heavy (non-hydrogen) atoms. The third-order valence-corrected chi connectivity index (χ3v) is 7.20. The number of amides is 3. The van der Waals surface area contributed by atoms with Crippen molar-refractivity contribution in [1.82, 2.24) is 5.06 Å². The maximum atomic E-state index is 12.9. The van der Waals surface area contributed by atoms with E-state index in [9.17, 15) is 84.4 Å². The van der Waals surface area contributed by atoms with E-state index in [1.165, 1.54) is 0 Å². The highest BCUT2D eigenvalue weighted by molar-refractivity contribution is 8.46. The average Bonchev–Trinajstić information content (AvgIpc) is 2.83. The van der Waals surface area contributed by atoms with Gasteiger partial charge in [0, 0.05) is 29.5 Å². The van der Waals surface area contributed by atoms with Gasteiger partial charge in [0.25, 0.3) is 5.91 Å². The number of hydrogen-bond donors (Lipinski definition) is 2. The van der Waals surface area contributed by atoms with Crippen molar-refractivity contribution in [3.63, 3.8) is 0 Å². The fourth-order valence-corrected chi connectivity index (χ4v) is 4.18. The van der Waals surface area contributed by atoms with E-state index in [2.05, 4.69) is 4.84 Å². The molecule has 270 valence electrons. The molecule has 2 N–H and O–H groups in total. The second kappa shape index (κ2) is 11.1. The summed E-state index contributed by atoms with van der Waals surface area (Å²) in [6.45, 7) is 0.722. The van der Waals surface area contributed by atoms with Crippen LogP contribution in [-0.4, -0.2) is 55.1 Å². The molecule has 0 unspecified atom stereocenters. The Hall–Kier alpha value is -3.94. The molecule has 26 heteroatoms. The van der Waals surface area contributed by atoms with E-state index < -0.39 is 94.7 Å². The summed E-state index contributed by atoms with van der Waals surface area (Å²) in [5.41, 5.74) is -4.52. The minimum atomic E-state index is -10.3. The maximum Gasteiger partial charge on any atom is 0.471 e. The predicted octanol–water partition coefficient (Wildman–Crippen LogP) is 9.53. The van der Waals surface area contributed by atoms with Crippen LogP contribution in [-0.2, 0) is 14.4 Å². The van der Waals surface area contributed by atoms with E-state index >= 15 is 0 Å². The summed E-state index contributed by atoms with van der Waals surface area (Å²) in [6.07, 6.45) is -10.9. The Morgan fingerprint density at radius 1 is 0.617 bits per heavy atom. The van der Waals surface area contributed by atoms with Crippen LogP contribution in [0.1, 0.15) is 27.6 Å². The van der Waals surface area contributed by atoms with E-state index in [0.29, 0.717) is 17.2 Å². The summed E-state index contributed by atoms with van der Waals surface area (Å²) in [6, 6.07) is -0.393. The normalized spacial score (nSPS) is 15.4. The molecular weight excluding hydrogens is 742 g/mol. The van der Waals surface area contributed by atoms with Gasteiger partial charge in [-0.05, 0) is 43.3 Å². The van der Waals surface area contributed by atoms with Crippen molar-refractivity contribution in [3.05, 3.63) is 47.5 Å². The van der Waals surface area contributed by atoms with Crippen LogP contribution in [0.4, 0.5) is 76.6 Å². The van der Waals surface area contributed by atoms with Gasteiger partial charge in [0.15, 0.2) is 5.78 Å². The van der Waals surface area contributed by atoms with Crippen molar-refractivity contribution in [3.8, 4) is 0 Å². The molecule has 0 saturated heterocycles. The molecule has 0 saturated carbocycles. The number of halogens is 16. The number of rotatable bonds is 7. The molecule has 0 aromatic heterocycles. The molecule has 2 rings (SSSR count). The Bertz CT molecular complexity index is 1610. The van der Waals surface area contributed by atoms with Crippen LogP contribution in [0.3, 0.4) is 0 Å². The zero-order valence-corrected chi connectivity index (χ0v) is 24.4. The number of anilines is 2. The summed E-state index contributed by atoms with van der Waals surface area (Å²) >= 11 is 0. The highest BCUT2D eigenvalue weighted by Gasteiger charge is 2.66. The number of carbonyl (C=O) groups is 4. The summed E-state index contributed by atoms with van der Waals surface area (Å²) in [5.74, 6) is -7.84. The van der Waals surface area contributed by atoms with Crippen molar-refractivity contribution in [2.75, 3.05) is 24.8 Å². The molecule has 0 bridgehead atoms. The smallest absolute Gasteiger partial charge is 0.318 e. The highest BCUT2D eigenvalue weighted by Crippen LogP contribution is 3.03. The Kier molecular flexibility index (Phi) is 9.67. The third-order valence-electron chi connectivity index (χ3n) is 4.95. The van der Waals surface area contributed by atoms with Crippen LogP contribution in [0.5, 0.6) is 0 Å². The molecule has 0 heterocycles. The second-order valence-electron chi connectivity index (χ2n) is 8.88. The lowest BCUT2D eigenvalue weighted by Gasteiger charge is -2.41. The number of hydrogen-bond acceptors (Lipinski definition) is 5. The highest BCUT2D eigenvalue weighted by atomic mass is 32.5. The number of benzene rings is 2. The largest absolute Gasteiger partial charge is 0.471 e. The molecular formula is C21H17F16N3O5S2. The van der Waals surface area contributed by atoms with Crippen LogP contribution in [0, 0.1) is 0 Å². The van der Waals surface area contributed by atoms with Crippen LogP contribution in [0.2, 0.25) is 0 Å². The van der Waals surface area contributed by atoms with Crippen molar-refractivity contribution < 1.29 is 89.2 Å². The molecule has 0 atom stereocenters. The molecule has 0 radical (unpaired) electrons. The predicted molar refractivity (Wildman–Crippen MR) is 134 cm³/mol. The SMILES string of the molecule is CC(=O)c1cc(NC(=O)C(F)(F)F)cc(S(F)(F)(F)(F)F)c1.CON(C)C(=O)c1cc(NC(=O)C(F)(F)F)cc(S(F)(F)(F)(F)F)c1. The van der Waals surface area contributed by atoms with Gasteiger partial charge in [-0.2, -0.15) is 26.3 Å². The Morgan fingerprint density at radius 2 is 0.936 bits per heavy atom. The minimum absolute atomic E-state index is 0.187. The Balaban J connectivity index is 0.000000474. The van der Waals surface area contributed by atoms with E-state index in [1.807, 2.05) is 0 Å². The first kappa shape index (κ1) is 41.1. The zero-order chi connectivity index (χ0) is 37.5. The summed E-state index contributed by atoms with van der Waals surface area (Å²) in [7, 11) is -18.7. The third kappa shape index (κ3) is 12.3. The number of nitrogens with one attached hydrogen (secondary N) is 2. The number of carbonyl (C=O) groups excluding carboxylic acids is 4. The van der Waals surface area contributed by atoms with E-state index in [4.69, 9.17) is 0 Å². The quantitative estimate of drug-likeness (QED) is 0.166.